The van der Waals surface area contributed by atoms with Crippen LogP contribution in [0.4, 0.5) is 17.7 Å². The van der Waals surface area contributed by atoms with Crippen molar-refractivity contribution in [3.05, 3.63) is 75.3 Å². The van der Waals surface area contributed by atoms with Gasteiger partial charge >= 0.3 is 5.97 Å². The molecular formula is C19H13F4NO4. The van der Waals surface area contributed by atoms with E-state index in [1.165, 1.54) is 6.92 Å². The van der Waals surface area contributed by atoms with Crippen molar-refractivity contribution in [1.82, 2.24) is 4.79 Å². The lowest BCUT2D eigenvalue weighted by Gasteiger charge is -2.14. The van der Waals surface area contributed by atoms with Crippen molar-refractivity contribution >= 4 is 16.9 Å². The fourth-order valence-electron chi connectivity index (χ4n) is 2.63. The predicted octanol–water partition coefficient (Wildman–Crippen LogP) is 3.91. The first kappa shape index (κ1) is 19.4. The standard InChI is InChI=1S/C19H13F4NO4/c1-2-27-19(26)11-8-24(23)16-12(17(11)25)18(15(22)13(20)14(16)21)28-9-10-6-4-3-5-7-10/h3-8H,2,9H2,1H3. The lowest BCUT2D eigenvalue weighted by Crippen LogP contribution is -2.21. The number of aromatic nitrogens is 1. The van der Waals surface area contributed by atoms with Crippen LogP contribution in [0.25, 0.3) is 10.9 Å². The molecule has 2 aromatic carbocycles. The van der Waals surface area contributed by atoms with Crippen LogP contribution in [0, 0.1) is 17.5 Å². The minimum absolute atomic E-state index is 0.119. The Bertz CT molecular complexity index is 1110. The molecule has 0 aliphatic carbocycles. The van der Waals surface area contributed by atoms with Crippen LogP contribution in [0.15, 0.2) is 41.3 Å². The van der Waals surface area contributed by atoms with Gasteiger partial charge in [-0.3, -0.25) is 4.79 Å². The number of hydrogen-bond acceptors (Lipinski definition) is 4. The quantitative estimate of drug-likeness (QED) is 0.374. The van der Waals surface area contributed by atoms with Gasteiger partial charge in [0.15, 0.2) is 11.6 Å². The summed E-state index contributed by atoms with van der Waals surface area (Å²) in [6.07, 6.45) is 0.351. The molecule has 3 aromatic rings. The molecule has 1 aromatic heterocycles. The number of hydrogen-bond donors (Lipinski definition) is 0. The summed E-state index contributed by atoms with van der Waals surface area (Å²) in [5.41, 5.74) is -2.71. The van der Waals surface area contributed by atoms with Gasteiger partial charge in [0, 0.05) is 0 Å². The Balaban J connectivity index is 2.26. The third-order valence-corrected chi connectivity index (χ3v) is 3.91. The van der Waals surface area contributed by atoms with Crippen molar-refractivity contribution in [3.63, 3.8) is 0 Å². The van der Waals surface area contributed by atoms with E-state index in [2.05, 4.69) is 4.74 Å². The van der Waals surface area contributed by atoms with Crippen LogP contribution in [0.5, 0.6) is 5.75 Å². The van der Waals surface area contributed by atoms with Crippen LogP contribution < -0.4 is 10.2 Å². The van der Waals surface area contributed by atoms with Crippen LogP contribution in [-0.2, 0) is 11.3 Å². The molecule has 0 spiro atoms. The third kappa shape index (κ3) is 3.30. The molecule has 0 aliphatic rings. The van der Waals surface area contributed by atoms with Gasteiger partial charge in [-0.25, -0.2) is 13.6 Å². The lowest BCUT2D eigenvalue weighted by atomic mass is 10.1. The molecule has 28 heavy (non-hydrogen) atoms. The average molecular weight is 395 g/mol. The number of rotatable bonds is 5. The smallest absolute Gasteiger partial charge is 0.343 e. The van der Waals surface area contributed by atoms with Gasteiger partial charge in [-0.05, 0) is 12.5 Å². The summed E-state index contributed by atoms with van der Waals surface area (Å²) in [5, 5.41) is -0.944. The summed E-state index contributed by atoms with van der Waals surface area (Å²) in [6, 6.07) is 8.25. The Morgan fingerprint density at radius 1 is 1.07 bits per heavy atom. The number of nitrogens with zero attached hydrogens (tertiary/aromatic N) is 1. The van der Waals surface area contributed by atoms with Crippen LogP contribution in [-0.4, -0.2) is 17.4 Å². The molecule has 146 valence electrons. The molecule has 3 rings (SSSR count). The normalized spacial score (nSPS) is 10.9. The van der Waals surface area contributed by atoms with Gasteiger partial charge in [-0.15, -0.1) is 0 Å². The maximum Gasteiger partial charge on any atom is 0.343 e. The van der Waals surface area contributed by atoms with E-state index in [9.17, 15) is 27.2 Å². The summed E-state index contributed by atoms with van der Waals surface area (Å²) in [6.45, 7) is 1.02. The second-order valence-corrected chi connectivity index (χ2v) is 5.67. The van der Waals surface area contributed by atoms with Gasteiger partial charge in [0.1, 0.15) is 17.7 Å². The molecule has 0 amide bonds. The highest BCUT2D eigenvalue weighted by Crippen LogP contribution is 2.33. The maximum absolute atomic E-state index is 14.4. The Morgan fingerprint density at radius 2 is 1.75 bits per heavy atom. The molecule has 5 nitrogen and oxygen atoms in total. The fourth-order valence-corrected chi connectivity index (χ4v) is 2.63. The number of pyridine rings is 1. The van der Waals surface area contributed by atoms with Crippen molar-refractivity contribution in [2.45, 2.75) is 13.5 Å². The van der Waals surface area contributed by atoms with E-state index < -0.39 is 55.9 Å². The van der Waals surface area contributed by atoms with Gasteiger partial charge < -0.3 is 9.47 Å². The van der Waals surface area contributed by atoms with E-state index in [1.54, 1.807) is 30.3 Å². The van der Waals surface area contributed by atoms with E-state index in [0.29, 0.717) is 11.8 Å². The largest absolute Gasteiger partial charge is 0.485 e. The van der Waals surface area contributed by atoms with Crippen LogP contribution in [0.2, 0.25) is 0 Å². The molecule has 0 N–H and O–H groups in total. The minimum atomic E-state index is -2.01. The molecule has 0 bridgehead atoms. The number of halogens is 4. The molecule has 0 radical (unpaired) electrons. The van der Waals surface area contributed by atoms with Gasteiger partial charge in [-0.1, -0.05) is 34.8 Å². The summed E-state index contributed by atoms with van der Waals surface area (Å²) in [5.74, 6) is -7.93. The Hall–Kier alpha value is -3.36. The maximum atomic E-state index is 14.4. The molecule has 0 aliphatic heterocycles. The topological polar surface area (TPSA) is 57.5 Å². The third-order valence-electron chi connectivity index (χ3n) is 3.91. The van der Waals surface area contributed by atoms with E-state index >= 15 is 0 Å². The molecular weight excluding hydrogens is 382 g/mol. The van der Waals surface area contributed by atoms with E-state index in [0.717, 1.165) is 0 Å². The molecule has 0 atom stereocenters. The predicted molar refractivity (Wildman–Crippen MR) is 91.3 cm³/mol. The average Bonchev–Trinajstić information content (AvgIpc) is 2.69. The SMILES string of the molecule is CCOC(=O)c1cn(F)c2c(F)c(F)c(F)c(OCc3ccccc3)c2c1=O. The summed E-state index contributed by atoms with van der Waals surface area (Å²) < 4.78 is 66.6. The fraction of sp³-hybridized carbons (Fsp3) is 0.158. The molecule has 0 unspecified atom stereocenters. The minimum Gasteiger partial charge on any atom is -0.485 e. The summed E-state index contributed by atoms with van der Waals surface area (Å²) >= 11 is 0. The van der Waals surface area contributed by atoms with Crippen LogP contribution in [0.3, 0.4) is 0 Å². The molecule has 0 saturated carbocycles. The van der Waals surface area contributed by atoms with Crippen molar-refractivity contribution < 1.29 is 31.9 Å². The first-order chi connectivity index (χ1) is 13.4. The zero-order valence-electron chi connectivity index (χ0n) is 14.5. The highest BCUT2D eigenvalue weighted by molar-refractivity contribution is 5.96. The number of esters is 1. The molecule has 9 heteroatoms. The van der Waals surface area contributed by atoms with Crippen LogP contribution in [0.1, 0.15) is 22.8 Å². The summed E-state index contributed by atoms with van der Waals surface area (Å²) in [7, 11) is 0. The molecule has 1 heterocycles. The van der Waals surface area contributed by atoms with Crippen molar-refractivity contribution in [3.8, 4) is 5.75 Å². The van der Waals surface area contributed by atoms with Gasteiger partial charge in [0.25, 0.3) is 0 Å². The monoisotopic (exact) mass is 395 g/mol. The first-order valence-electron chi connectivity index (χ1n) is 8.12. The zero-order valence-corrected chi connectivity index (χ0v) is 14.5. The van der Waals surface area contributed by atoms with E-state index in [4.69, 9.17) is 4.74 Å². The van der Waals surface area contributed by atoms with Crippen molar-refractivity contribution in [1.29, 1.82) is 0 Å². The second kappa shape index (κ2) is 7.71. The summed E-state index contributed by atoms with van der Waals surface area (Å²) in [4.78, 5) is 24.0. The zero-order chi connectivity index (χ0) is 20.4. The number of carbonyl (C=O) groups is 1. The highest BCUT2D eigenvalue weighted by Gasteiger charge is 2.28. The van der Waals surface area contributed by atoms with Gasteiger partial charge in [-0.2, -0.15) is 9.18 Å². The second-order valence-electron chi connectivity index (χ2n) is 5.67. The van der Waals surface area contributed by atoms with Crippen LogP contribution >= 0.6 is 0 Å². The lowest BCUT2D eigenvalue weighted by molar-refractivity contribution is 0.0523. The Kier molecular flexibility index (Phi) is 5.34. The highest BCUT2D eigenvalue weighted by atomic mass is 19.2. The number of ether oxygens (including phenoxy) is 2. The van der Waals surface area contributed by atoms with Crippen molar-refractivity contribution in [2.24, 2.45) is 0 Å². The van der Waals surface area contributed by atoms with Gasteiger partial charge in [0.2, 0.25) is 17.1 Å². The number of fused-ring (bicyclic) bond motifs is 1. The molecule has 0 fully saturated rings. The van der Waals surface area contributed by atoms with E-state index in [1.807, 2.05) is 0 Å². The van der Waals surface area contributed by atoms with E-state index in [-0.39, 0.29) is 13.2 Å². The van der Waals surface area contributed by atoms with Crippen molar-refractivity contribution in [2.75, 3.05) is 6.61 Å². The Labute approximate surface area is 155 Å². The Morgan fingerprint density at radius 3 is 2.39 bits per heavy atom. The number of carbonyl (C=O) groups excluding carboxylic acids is 1. The first-order valence-corrected chi connectivity index (χ1v) is 8.12. The molecule has 0 saturated heterocycles. The van der Waals surface area contributed by atoms with Gasteiger partial charge in [0.05, 0.1) is 18.2 Å². The number of benzene rings is 2.